The van der Waals surface area contributed by atoms with Crippen LogP contribution in [0.1, 0.15) is 28.1 Å². The molecule has 16 heavy (non-hydrogen) atoms. The first-order chi connectivity index (χ1) is 6.74. The molecular weight excluding hydrogens is 247 g/mol. The van der Waals surface area contributed by atoms with Crippen LogP contribution >= 0.6 is 24.8 Å². The fourth-order valence-corrected chi connectivity index (χ4v) is 1.94. The van der Waals surface area contributed by atoms with Crippen molar-refractivity contribution in [2.75, 3.05) is 7.11 Å². The monoisotopic (exact) mass is 264 g/mol. The molecule has 1 aromatic rings. The number of fused-ring (bicyclic) bond motifs is 1. The molecule has 0 unspecified atom stereocenters. The highest BCUT2D eigenvalue weighted by atomic mass is 35.5. The van der Waals surface area contributed by atoms with Crippen molar-refractivity contribution in [2.24, 2.45) is 0 Å². The van der Waals surface area contributed by atoms with Crippen LogP contribution in [0.15, 0.2) is 0 Å². The second-order valence-electron chi connectivity index (χ2n) is 3.77. The van der Waals surface area contributed by atoms with Gasteiger partial charge in [0, 0.05) is 20.2 Å². The van der Waals surface area contributed by atoms with Crippen LogP contribution in [-0.2, 0) is 24.4 Å². The van der Waals surface area contributed by atoms with E-state index in [9.17, 15) is 0 Å². The molecular formula is C11H18Cl2N2O. The zero-order valence-electron chi connectivity index (χ0n) is 9.79. The minimum Gasteiger partial charge on any atom is -0.378 e. The summed E-state index contributed by atoms with van der Waals surface area (Å²) in [5.41, 5.74) is 6.29. The summed E-state index contributed by atoms with van der Waals surface area (Å²) in [7, 11) is 1.71. The van der Waals surface area contributed by atoms with Crippen LogP contribution in [0.3, 0.4) is 0 Å². The average Bonchev–Trinajstić information content (AvgIpc) is 2.62. The highest BCUT2D eigenvalue weighted by Crippen LogP contribution is 2.23. The molecule has 1 N–H and O–H groups in total. The van der Waals surface area contributed by atoms with E-state index in [4.69, 9.17) is 4.74 Å². The third-order valence-electron chi connectivity index (χ3n) is 2.94. The predicted molar refractivity (Wildman–Crippen MR) is 69.5 cm³/mol. The lowest BCUT2D eigenvalue weighted by Gasteiger charge is -2.11. The Hall–Kier alpha value is -0.350. The maximum Gasteiger partial charge on any atom is 0.0887 e. The number of nitrogens with one attached hydrogen (secondary N) is 1. The van der Waals surface area contributed by atoms with Gasteiger partial charge in [0.05, 0.1) is 18.0 Å². The molecule has 0 bridgehead atoms. The molecule has 0 spiro atoms. The van der Waals surface area contributed by atoms with Gasteiger partial charge < -0.3 is 10.1 Å². The van der Waals surface area contributed by atoms with E-state index in [0.29, 0.717) is 6.61 Å². The van der Waals surface area contributed by atoms with Crippen LogP contribution in [0.2, 0.25) is 0 Å². The quantitative estimate of drug-likeness (QED) is 0.890. The summed E-state index contributed by atoms with van der Waals surface area (Å²) in [6, 6.07) is 0. The third-order valence-corrected chi connectivity index (χ3v) is 2.94. The summed E-state index contributed by atoms with van der Waals surface area (Å²) >= 11 is 0. The smallest absolute Gasteiger partial charge is 0.0887 e. The third kappa shape index (κ3) is 2.66. The normalized spacial score (nSPS) is 12.7. The standard InChI is InChI=1S/C11H16N2O.2ClH/c1-7-8(2)11(6-14-3)13-10-5-12-4-9(7)10;;/h12H,4-6H2,1-3H3;2*1H. The van der Waals surface area contributed by atoms with Crippen LogP contribution in [0.5, 0.6) is 0 Å². The first-order valence-electron chi connectivity index (χ1n) is 4.91. The van der Waals surface area contributed by atoms with E-state index >= 15 is 0 Å². The first kappa shape index (κ1) is 15.7. The number of hydrogen-bond donors (Lipinski definition) is 1. The molecule has 1 aliphatic rings. The molecule has 0 aromatic carbocycles. The topological polar surface area (TPSA) is 34.1 Å². The highest BCUT2D eigenvalue weighted by Gasteiger charge is 2.17. The fourth-order valence-electron chi connectivity index (χ4n) is 1.94. The van der Waals surface area contributed by atoms with E-state index in [0.717, 1.165) is 18.8 Å². The van der Waals surface area contributed by atoms with Crippen molar-refractivity contribution >= 4 is 24.8 Å². The molecule has 2 heterocycles. The summed E-state index contributed by atoms with van der Waals surface area (Å²) in [5.74, 6) is 0. The van der Waals surface area contributed by atoms with Crippen molar-refractivity contribution in [1.82, 2.24) is 10.3 Å². The molecule has 5 heteroatoms. The van der Waals surface area contributed by atoms with E-state index < -0.39 is 0 Å². The summed E-state index contributed by atoms with van der Waals surface area (Å²) in [6.45, 7) is 6.76. The maximum atomic E-state index is 5.14. The van der Waals surface area contributed by atoms with Gasteiger partial charge in [-0.25, -0.2) is 0 Å². The molecule has 0 saturated carbocycles. The summed E-state index contributed by atoms with van der Waals surface area (Å²) < 4.78 is 5.14. The molecule has 92 valence electrons. The second kappa shape index (κ2) is 6.40. The number of aromatic nitrogens is 1. The largest absolute Gasteiger partial charge is 0.378 e. The SMILES string of the molecule is COCc1nc2c(c(C)c1C)CNC2.Cl.Cl. The van der Waals surface area contributed by atoms with Crippen molar-refractivity contribution in [1.29, 1.82) is 0 Å². The molecule has 2 rings (SSSR count). The molecule has 3 nitrogen and oxygen atoms in total. The van der Waals surface area contributed by atoms with Gasteiger partial charge in [0.25, 0.3) is 0 Å². The van der Waals surface area contributed by atoms with Crippen LogP contribution in [-0.4, -0.2) is 12.1 Å². The number of ether oxygens (including phenoxy) is 1. The molecule has 1 aromatic heterocycles. The highest BCUT2D eigenvalue weighted by molar-refractivity contribution is 5.85. The van der Waals surface area contributed by atoms with Crippen molar-refractivity contribution < 1.29 is 4.74 Å². The number of nitrogens with zero attached hydrogens (tertiary/aromatic N) is 1. The lowest BCUT2D eigenvalue weighted by Crippen LogP contribution is -2.04. The van der Waals surface area contributed by atoms with E-state index in [1.54, 1.807) is 7.11 Å². The van der Waals surface area contributed by atoms with Crippen molar-refractivity contribution in [3.8, 4) is 0 Å². The van der Waals surface area contributed by atoms with Gasteiger partial charge in [0.15, 0.2) is 0 Å². The lowest BCUT2D eigenvalue weighted by atomic mass is 10.0. The van der Waals surface area contributed by atoms with Gasteiger partial charge in [0.2, 0.25) is 0 Å². The maximum absolute atomic E-state index is 5.14. The molecule has 1 aliphatic heterocycles. The van der Waals surface area contributed by atoms with E-state index in [1.165, 1.54) is 22.4 Å². The predicted octanol–water partition coefficient (Wildman–Crippen LogP) is 2.29. The van der Waals surface area contributed by atoms with Crippen LogP contribution in [0.4, 0.5) is 0 Å². The first-order valence-corrected chi connectivity index (χ1v) is 4.91. The minimum atomic E-state index is 0. The number of rotatable bonds is 2. The number of halogens is 2. The van der Waals surface area contributed by atoms with Gasteiger partial charge in [-0.1, -0.05) is 0 Å². The van der Waals surface area contributed by atoms with Crippen molar-refractivity contribution in [2.45, 2.75) is 33.5 Å². The van der Waals surface area contributed by atoms with Crippen molar-refractivity contribution in [3.63, 3.8) is 0 Å². The van der Waals surface area contributed by atoms with E-state index in [-0.39, 0.29) is 24.8 Å². The van der Waals surface area contributed by atoms with Crippen LogP contribution in [0.25, 0.3) is 0 Å². The fraction of sp³-hybridized carbons (Fsp3) is 0.545. The van der Waals surface area contributed by atoms with Gasteiger partial charge in [-0.3, -0.25) is 4.98 Å². The molecule has 0 atom stereocenters. The summed E-state index contributed by atoms with van der Waals surface area (Å²) in [6.07, 6.45) is 0. The summed E-state index contributed by atoms with van der Waals surface area (Å²) in [5, 5.41) is 3.32. The molecule has 0 amide bonds. The van der Waals surface area contributed by atoms with Crippen LogP contribution in [0, 0.1) is 13.8 Å². The van der Waals surface area contributed by atoms with E-state index in [1.807, 2.05) is 0 Å². The van der Waals surface area contributed by atoms with Gasteiger partial charge in [-0.15, -0.1) is 24.8 Å². The Morgan fingerprint density at radius 1 is 1.19 bits per heavy atom. The Morgan fingerprint density at radius 2 is 1.88 bits per heavy atom. The number of hydrogen-bond acceptors (Lipinski definition) is 3. The van der Waals surface area contributed by atoms with Crippen molar-refractivity contribution in [3.05, 3.63) is 28.1 Å². The number of pyridine rings is 1. The van der Waals surface area contributed by atoms with Gasteiger partial charge >= 0.3 is 0 Å². The number of methoxy groups -OCH3 is 1. The minimum absolute atomic E-state index is 0. The Labute approximate surface area is 109 Å². The zero-order valence-corrected chi connectivity index (χ0v) is 11.4. The molecule has 0 fully saturated rings. The van der Waals surface area contributed by atoms with Gasteiger partial charge in [0.1, 0.15) is 0 Å². The lowest BCUT2D eigenvalue weighted by molar-refractivity contribution is 0.180. The average molecular weight is 265 g/mol. The van der Waals surface area contributed by atoms with Gasteiger partial charge in [-0.2, -0.15) is 0 Å². The molecule has 0 aliphatic carbocycles. The Kier molecular flexibility index (Phi) is 6.26. The second-order valence-corrected chi connectivity index (χ2v) is 3.77. The van der Waals surface area contributed by atoms with Gasteiger partial charge in [-0.05, 0) is 30.5 Å². The Morgan fingerprint density at radius 3 is 2.50 bits per heavy atom. The van der Waals surface area contributed by atoms with E-state index in [2.05, 4.69) is 24.1 Å². The summed E-state index contributed by atoms with van der Waals surface area (Å²) in [4.78, 5) is 4.62. The zero-order chi connectivity index (χ0) is 10.1. The Balaban J connectivity index is 0.00000112. The Bertz CT molecular complexity index is 369. The molecule has 0 saturated heterocycles. The van der Waals surface area contributed by atoms with Crippen LogP contribution < -0.4 is 5.32 Å². The molecule has 0 radical (unpaired) electrons.